The number of ether oxygens (including phenoxy) is 1. The van der Waals surface area contributed by atoms with Gasteiger partial charge in [0.1, 0.15) is 0 Å². The van der Waals surface area contributed by atoms with Crippen molar-refractivity contribution in [1.82, 2.24) is 4.90 Å². The maximum atomic E-state index is 12.5. The van der Waals surface area contributed by atoms with Gasteiger partial charge < -0.3 is 14.7 Å². The molecule has 1 amide bonds. The summed E-state index contributed by atoms with van der Waals surface area (Å²) in [6.07, 6.45) is 9.23. The molecule has 0 aromatic rings. The number of amides is 1. The lowest BCUT2D eigenvalue weighted by atomic mass is 9.83. The summed E-state index contributed by atoms with van der Waals surface area (Å²) in [5.41, 5.74) is 0. The second kappa shape index (κ2) is 7.65. The van der Waals surface area contributed by atoms with E-state index in [4.69, 9.17) is 4.74 Å². The van der Waals surface area contributed by atoms with Gasteiger partial charge in [0.05, 0.1) is 12.0 Å². The van der Waals surface area contributed by atoms with Crippen LogP contribution in [0.4, 0.5) is 0 Å². The molecule has 0 spiro atoms. The van der Waals surface area contributed by atoms with Crippen LogP contribution in [0.15, 0.2) is 0 Å². The first-order valence-electron chi connectivity index (χ1n) is 9.27. The van der Waals surface area contributed by atoms with Gasteiger partial charge in [-0.2, -0.15) is 0 Å². The van der Waals surface area contributed by atoms with E-state index >= 15 is 0 Å². The normalized spacial score (nSPS) is 30.5. The zero-order valence-corrected chi connectivity index (χ0v) is 13.9. The highest BCUT2D eigenvalue weighted by molar-refractivity contribution is 5.76. The van der Waals surface area contributed by atoms with Crippen LogP contribution < -0.4 is 0 Å². The SMILES string of the molecule is O=C(O)C1CCO[C@H]1C1CCN(C(=O)CC2CCCCC2)CC1. The summed E-state index contributed by atoms with van der Waals surface area (Å²) in [6, 6.07) is 0. The minimum absolute atomic E-state index is 0.150. The van der Waals surface area contributed by atoms with E-state index in [9.17, 15) is 14.7 Å². The topological polar surface area (TPSA) is 66.8 Å². The minimum Gasteiger partial charge on any atom is -0.481 e. The fourth-order valence-electron chi connectivity index (χ4n) is 4.58. The quantitative estimate of drug-likeness (QED) is 0.864. The fraction of sp³-hybridized carbons (Fsp3) is 0.889. The number of rotatable bonds is 4. The Kier molecular flexibility index (Phi) is 5.57. The number of aliphatic carboxylic acids is 1. The van der Waals surface area contributed by atoms with E-state index in [1.165, 1.54) is 32.1 Å². The van der Waals surface area contributed by atoms with Crippen molar-refractivity contribution in [2.24, 2.45) is 17.8 Å². The fourth-order valence-corrected chi connectivity index (χ4v) is 4.58. The van der Waals surface area contributed by atoms with Gasteiger partial charge in [-0.3, -0.25) is 9.59 Å². The molecule has 0 aromatic carbocycles. The first-order valence-corrected chi connectivity index (χ1v) is 9.27. The summed E-state index contributed by atoms with van der Waals surface area (Å²) in [6.45, 7) is 2.09. The molecular formula is C18H29NO4. The van der Waals surface area contributed by atoms with Crippen molar-refractivity contribution in [2.75, 3.05) is 19.7 Å². The van der Waals surface area contributed by atoms with E-state index in [0.29, 0.717) is 31.3 Å². The summed E-state index contributed by atoms with van der Waals surface area (Å²) in [7, 11) is 0. The summed E-state index contributed by atoms with van der Waals surface area (Å²) >= 11 is 0. The number of carbonyl (C=O) groups excluding carboxylic acids is 1. The average Bonchev–Trinajstić information content (AvgIpc) is 3.06. The van der Waals surface area contributed by atoms with Crippen molar-refractivity contribution in [3.8, 4) is 0 Å². The zero-order valence-electron chi connectivity index (χ0n) is 13.9. The van der Waals surface area contributed by atoms with Crippen LogP contribution >= 0.6 is 0 Å². The molecule has 2 heterocycles. The highest BCUT2D eigenvalue weighted by Gasteiger charge is 2.40. The number of likely N-dealkylation sites (tertiary alicyclic amines) is 1. The lowest BCUT2D eigenvalue weighted by molar-refractivity contribution is -0.146. The highest BCUT2D eigenvalue weighted by Crippen LogP contribution is 2.34. The van der Waals surface area contributed by atoms with E-state index in [-0.39, 0.29) is 17.9 Å². The molecule has 23 heavy (non-hydrogen) atoms. The minimum atomic E-state index is -0.733. The zero-order chi connectivity index (χ0) is 16.2. The van der Waals surface area contributed by atoms with Crippen molar-refractivity contribution >= 4 is 11.9 Å². The number of hydrogen-bond donors (Lipinski definition) is 1. The van der Waals surface area contributed by atoms with Crippen LogP contribution in [0.2, 0.25) is 0 Å². The number of hydrogen-bond acceptors (Lipinski definition) is 3. The second-order valence-electron chi connectivity index (χ2n) is 7.50. The van der Waals surface area contributed by atoms with Gasteiger partial charge in [-0.15, -0.1) is 0 Å². The summed E-state index contributed by atoms with van der Waals surface area (Å²) in [5, 5.41) is 9.29. The molecule has 1 unspecified atom stereocenters. The maximum absolute atomic E-state index is 12.5. The molecule has 0 radical (unpaired) electrons. The van der Waals surface area contributed by atoms with Gasteiger partial charge in [-0.1, -0.05) is 19.3 Å². The van der Waals surface area contributed by atoms with Crippen molar-refractivity contribution in [3.63, 3.8) is 0 Å². The standard InChI is InChI=1S/C18H29NO4/c20-16(12-13-4-2-1-3-5-13)19-9-6-14(7-10-19)17-15(18(21)22)8-11-23-17/h13-15,17H,1-12H2,(H,21,22)/t15?,17-/m0/s1. The van der Waals surface area contributed by atoms with Crippen LogP contribution in [-0.2, 0) is 14.3 Å². The Bertz CT molecular complexity index is 425. The Morgan fingerprint density at radius 3 is 2.35 bits per heavy atom. The molecule has 0 aromatic heterocycles. The van der Waals surface area contributed by atoms with Gasteiger partial charge in [0, 0.05) is 26.1 Å². The molecule has 3 rings (SSSR count). The van der Waals surface area contributed by atoms with E-state index in [1.54, 1.807) is 0 Å². The van der Waals surface area contributed by atoms with Gasteiger partial charge in [0.2, 0.25) is 5.91 Å². The first-order chi connectivity index (χ1) is 11.1. The van der Waals surface area contributed by atoms with Crippen LogP contribution in [-0.4, -0.2) is 47.7 Å². The predicted octanol–water partition coefficient (Wildman–Crippen LogP) is 2.69. The molecule has 5 nitrogen and oxygen atoms in total. The molecule has 2 aliphatic heterocycles. The van der Waals surface area contributed by atoms with Gasteiger partial charge in [0.25, 0.3) is 0 Å². The van der Waals surface area contributed by atoms with Gasteiger partial charge in [0.15, 0.2) is 0 Å². The molecule has 1 saturated carbocycles. The monoisotopic (exact) mass is 323 g/mol. The Labute approximate surface area is 138 Å². The number of piperidine rings is 1. The predicted molar refractivity (Wildman–Crippen MR) is 86.0 cm³/mol. The molecule has 2 saturated heterocycles. The van der Waals surface area contributed by atoms with Crippen LogP contribution in [0.5, 0.6) is 0 Å². The summed E-state index contributed by atoms with van der Waals surface area (Å²) in [4.78, 5) is 25.8. The molecule has 0 bridgehead atoms. The molecule has 2 atom stereocenters. The molecule has 1 N–H and O–H groups in total. The van der Waals surface area contributed by atoms with Crippen molar-refractivity contribution in [1.29, 1.82) is 0 Å². The molecular weight excluding hydrogens is 294 g/mol. The van der Waals surface area contributed by atoms with Crippen molar-refractivity contribution < 1.29 is 19.4 Å². The van der Waals surface area contributed by atoms with Crippen LogP contribution in [0, 0.1) is 17.8 Å². The summed E-state index contributed by atoms with van der Waals surface area (Å²) < 4.78 is 5.70. The van der Waals surface area contributed by atoms with Crippen molar-refractivity contribution in [3.05, 3.63) is 0 Å². The van der Waals surface area contributed by atoms with E-state index < -0.39 is 5.97 Å². The Hall–Kier alpha value is -1.10. The highest BCUT2D eigenvalue weighted by atomic mass is 16.5. The van der Waals surface area contributed by atoms with Crippen LogP contribution in [0.1, 0.15) is 57.8 Å². The molecule has 3 aliphatic rings. The maximum Gasteiger partial charge on any atom is 0.309 e. The lowest BCUT2D eigenvalue weighted by Crippen LogP contribution is -2.43. The smallest absolute Gasteiger partial charge is 0.309 e. The lowest BCUT2D eigenvalue weighted by Gasteiger charge is -2.36. The second-order valence-corrected chi connectivity index (χ2v) is 7.50. The largest absolute Gasteiger partial charge is 0.481 e. The number of nitrogens with zero attached hydrogens (tertiary/aromatic N) is 1. The Balaban J connectivity index is 1.46. The number of carboxylic acids is 1. The third-order valence-corrected chi connectivity index (χ3v) is 6.00. The molecule has 5 heteroatoms. The Morgan fingerprint density at radius 1 is 1.00 bits per heavy atom. The van der Waals surface area contributed by atoms with Gasteiger partial charge in [-0.25, -0.2) is 0 Å². The Morgan fingerprint density at radius 2 is 1.70 bits per heavy atom. The van der Waals surface area contributed by atoms with Gasteiger partial charge in [-0.05, 0) is 43.9 Å². The van der Waals surface area contributed by atoms with Crippen LogP contribution in [0.25, 0.3) is 0 Å². The summed E-state index contributed by atoms with van der Waals surface area (Å²) in [5.74, 6) is 0.0890. The van der Waals surface area contributed by atoms with Gasteiger partial charge >= 0.3 is 5.97 Å². The molecule has 1 aliphatic carbocycles. The number of carbonyl (C=O) groups is 2. The molecule has 3 fully saturated rings. The van der Waals surface area contributed by atoms with E-state index in [0.717, 1.165) is 25.9 Å². The van der Waals surface area contributed by atoms with Crippen molar-refractivity contribution in [2.45, 2.75) is 63.9 Å². The average molecular weight is 323 g/mol. The first kappa shape index (κ1) is 16.7. The third-order valence-electron chi connectivity index (χ3n) is 6.00. The van der Waals surface area contributed by atoms with E-state index in [2.05, 4.69) is 0 Å². The number of carboxylic acid groups (broad SMARTS) is 1. The van der Waals surface area contributed by atoms with E-state index in [1.807, 2.05) is 4.90 Å². The van der Waals surface area contributed by atoms with Crippen LogP contribution in [0.3, 0.4) is 0 Å². The third kappa shape index (κ3) is 4.06. The molecule has 130 valence electrons.